The maximum Gasteiger partial charge on any atom is 0.272 e. The van der Waals surface area contributed by atoms with Crippen LogP contribution in [0.5, 0.6) is 0 Å². The molecule has 10 nitrogen and oxygen atoms in total. The molecule has 2 aliphatic heterocycles. The average Bonchev–Trinajstić information content (AvgIpc) is 3.71. The number of benzene rings is 1. The number of H-pyrrole nitrogens is 1. The van der Waals surface area contributed by atoms with Crippen molar-refractivity contribution in [2.45, 2.75) is 50.6 Å². The molecule has 6 heterocycles. The van der Waals surface area contributed by atoms with Gasteiger partial charge in [-0.2, -0.15) is 14.7 Å². The van der Waals surface area contributed by atoms with Crippen LogP contribution in [0.1, 0.15) is 65.1 Å². The lowest BCUT2D eigenvalue weighted by molar-refractivity contribution is 0.0562. The fourth-order valence-corrected chi connectivity index (χ4v) is 6.48. The van der Waals surface area contributed by atoms with E-state index in [1.807, 2.05) is 17.0 Å². The van der Waals surface area contributed by atoms with Crippen molar-refractivity contribution in [1.29, 1.82) is 0 Å². The van der Waals surface area contributed by atoms with Crippen molar-refractivity contribution in [2.75, 3.05) is 5.73 Å². The maximum atomic E-state index is 13.3. The lowest BCUT2D eigenvalue weighted by Crippen LogP contribution is -2.46. The summed E-state index contributed by atoms with van der Waals surface area (Å²) in [4.78, 5) is 37.7. The number of amides is 1. The number of aromatic nitrogens is 6. The molecule has 206 valence electrons. The third kappa shape index (κ3) is 4.16. The van der Waals surface area contributed by atoms with Crippen LogP contribution in [0.25, 0.3) is 28.0 Å². The minimum absolute atomic E-state index is 0.0359. The zero-order chi connectivity index (χ0) is 28.2. The van der Waals surface area contributed by atoms with Crippen LogP contribution < -0.4 is 5.73 Å². The van der Waals surface area contributed by atoms with Gasteiger partial charge in [0.1, 0.15) is 17.3 Å². The molecule has 2 saturated heterocycles. The van der Waals surface area contributed by atoms with E-state index in [0.29, 0.717) is 41.1 Å². The molecule has 7 rings (SSSR count). The van der Waals surface area contributed by atoms with Gasteiger partial charge in [0.05, 0.1) is 23.1 Å². The standard InChI is InChI=1S/C30H27FN8O2/c1-16(40)26-27(19-12-21-7-8-22(13-19)38(21)30(41)25-10-11-34-37-25)36-29-23(15-35-39(29)28(26)32)18-4-9-24(33-14-18)17-2-5-20(31)6-3-17/h2-6,9-11,14-15,19,21-22H,7-8,12-13,32H2,1H3,(H,34,37)/t19-,21-,22+. The topological polar surface area (TPSA) is 135 Å². The number of Topliss-reactive ketones (excluding diaryl/α,β-unsaturated/α-hetero) is 1. The van der Waals surface area contributed by atoms with Crippen LogP contribution in [0.3, 0.4) is 0 Å². The number of nitrogens with two attached hydrogens (primary N) is 1. The first-order chi connectivity index (χ1) is 19.9. The number of fused-ring (bicyclic) bond motifs is 3. The van der Waals surface area contributed by atoms with Gasteiger partial charge in [-0.25, -0.2) is 9.37 Å². The molecule has 41 heavy (non-hydrogen) atoms. The number of ketones is 1. The molecule has 5 aromatic rings. The number of anilines is 1. The van der Waals surface area contributed by atoms with Crippen molar-refractivity contribution in [3.05, 3.63) is 83.8 Å². The number of aromatic amines is 1. The van der Waals surface area contributed by atoms with Crippen molar-refractivity contribution in [2.24, 2.45) is 0 Å². The number of nitrogen functional groups attached to an aromatic ring is 1. The maximum absolute atomic E-state index is 13.3. The van der Waals surface area contributed by atoms with Gasteiger partial charge in [0.15, 0.2) is 11.4 Å². The quantitative estimate of drug-likeness (QED) is 0.304. The normalized spacial score (nSPS) is 20.0. The SMILES string of the molecule is CC(=O)c1c([C@@H]2C[C@H]3CC[C@@H](C2)N3C(=O)c2ccn[nH]2)nc2c(-c3ccc(-c4ccc(F)cc4)nc3)cnn2c1N. The summed E-state index contributed by atoms with van der Waals surface area (Å²) >= 11 is 0. The van der Waals surface area contributed by atoms with Crippen LogP contribution in [-0.4, -0.2) is 58.5 Å². The molecule has 2 bridgehead atoms. The Labute approximate surface area is 234 Å². The van der Waals surface area contributed by atoms with Gasteiger partial charge in [0, 0.05) is 47.1 Å². The number of rotatable bonds is 5. The highest BCUT2D eigenvalue weighted by atomic mass is 19.1. The lowest BCUT2D eigenvalue weighted by Gasteiger charge is -2.39. The average molecular weight is 551 g/mol. The Morgan fingerprint density at radius 2 is 1.73 bits per heavy atom. The summed E-state index contributed by atoms with van der Waals surface area (Å²) < 4.78 is 14.9. The minimum atomic E-state index is -0.302. The van der Waals surface area contributed by atoms with E-state index in [1.165, 1.54) is 23.6 Å². The van der Waals surface area contributed by atoms with Gasteiger partial charge in [-0.1, -0.05) is 6.07 Å². The third-order valence-corrected chi connectivity index (χ3v) is 8.36. The predicted molar refractivity (Wildman–Crippen MR) is 150 cm³/mol. The zero-order valence-corrected chi connectivity index (χ0v) is 22.3. The van der Waals surface area contributed by atoms with Crippen LogP contribution in [0, 0.1) is 5.82 Å². The van der Waals surface area contributed by atoms with Gasteiger partial charge < -0.3 is 10.6 Å². The van der Waals surface area contributed by atoms with Crippen LogP contribution in [0.15, 0.2) is 61.1 Å². The molecule has 0 spiro atoms. The molecule has 4 aromatic heterocycles. The van der Waals surface area contributed by atoms with E-state index < -0.39 is 0 Å². The Morgan fingerprint density at radius 3 is 2.37 bits per heavy atom. The van der Waals surface area contributed by atoms with E-state index in [2.05, 4.69) is 20.3 Å². The second kappa shape index (κ2) is 9.61. The molecule has 2 aliphatic rings. The molecular formula is C30H27FN8O2. The second-order valence-electron chi connectivity index (χ2n) is 10.8. The summed E-state index contributed by atoms with van der Waals surface area (Å²) in [6, 6.07) is 11.7. The fraction of sp³-hybridized carbons (Fsp3) is 0.267. The van der Waals surface area contributed by atoms with Crippen molar-refractivity contribution in [3.63, 3.8) is 0 Å². The fourth-order valence-electron chi connectivity index (χ4n) is 6.48. The van der Waals surface area contributed by atoms with Crippen molar-refractivity contribution < 1.29 is 14.0 Å². The highest BCUT2D eigenvalue weighted by Crippen LogP contribution is 2.45. The first-order valence-corrected chi connectivity index (χ1v) is 13.6. The Kier molecular flexibility index (Phi) is 5.88. The highest BCUT2D eigenvalue weighted by molar-refractivity contribution is 6.00. The van der Waals surface area contributed by atoms with Gasteiger partial charge >= 0.3 is 0 Å². The predicted octanol–water partition coefficient (Wildman–Crippen LogP) is 4.66. The summed E-state index contributed by atoms with van der Waals surface area (Å²) in [7, 11) is 0. The van der Waals surface area contributed by atoms with Crippen molar-refractivity contribution >= 4 is 23.2 Å². The van der Waals surface area contributed by atoms with Crippen molar-refractivity contribution in [3.8, 4) is 22.4 Å². The molecule has 11 heteroatoms. The number of pyridine rings is 1. The number of carbonyl (C=O) groups is 2. The number of nitrogens with zero attached hydrogens (tertiary/aromatic N) is 6. The molecular weight excluding hydrogens is 523 g/mol. The summed E-state index contributed by atoms with van der Waals surface area (Å²) in [5, 5.41) is 11.2. The zero-order valence-electron chi connectivity index (χ0n) is 22.3. The van der Waals surface area contributed by atoms with Gasteiger partial charge in [-0.3, -0.25) is 19.7 Å². The third-order valence-electron chi connectivity index (χ3n) is 8.36. The van der Waals surface area contributed by atoms with Crippen molar-refractivity contribution in [1.82, 2.24) is 34.7 Å². The molecule has 0 aliphatic carbocycles. The monoisotopic (exact) mass is 550 g/mol. The molecule has 2 fully saturated rings. The summed E-state index contributed by atoms with van der Waals surface area (Å²) in [5.74, 6) is -0.297. The number of carbonyl (C=O) groups excluding carboxylic acids is 2. The van der Waals surface area contributed by atoms with Gasteiger partial charge in [-0.15, -0.1) is 0 Å². The first kappa shape index (κ1) is 25.1. The Bertz CT molecular complexity index is 1770. The highest BCUT2D eigenvalue weighted by Gasteiger charge is 2.45. The Balaban J connectivity index is 1.25. The van der Waals surface area contributed by atoms with E-state index in [1.54, 1.807) is 36.8 Å². The summed E-state index contributed by atoms with van der Waals surface area (Å²) in [6.45, 7) is 1.50. The van der Waals surface area contributed by atoms with Gasteiger partial charge in [0.25, 0.3) is 5.91 Å². The summed E-state index contributed by atoms with van der Waals surface area (Å²) in [5.41, 5.74) is 11.7. The smallest absolute Gasteiger partial charge is 0.272 e. The molecule has 0 radical (unpaired) electrons. The molecule has 3 atom stereocenters. The lowest BCUT2D eigenvalue weighted by atomic mass is 9.85. The van der Waals surface area contributed by atoms with Crippen LogP contribution in [0.2, 0.25) is 0 Å². The first-order valence-electron chi connectivity index (χ1n) is 13.6. The molecule has 0 saturated carbocycles. The Morgan fingerprint density at radius 1 is 1.00 bits per heavy atom. The van der Waals surface area contributed by atoms with E-state index in [4.69, 9.17) is 10.7 Å². The molecule has 0 unspecified atom stereocenters. The number of halogens is 1. The molecule has 1 amide bonds. The molecule has 3 N–H and O–H groups in total. The minimum Gasteiger partial charge on any atom is -0.383 e. The van der Waals surface area contributed by atoms with E-state index in [0.717, 1.165) is 29.5 Å². The molecule has 1 aromatic carbocycles. The van der Waals surface area contributed by atoms with E-state index in [-0.39, 0.29) is 41.3 Å². The largest absolute Gasteiger partial charge is 0.383 e. The van der Waals surface area contributed by atoms with Crippen LogP contribution in [0.4, 0.5) is 10.2 Å². The van der Waals surface area contributed by atoms with E-state index in [9.17, 15) is 14.0 Å². The second-order valence-corrected chi connectivity index (χ2v) is 10.8. The van der Waals surface area contributed by atoms with Crippen LogP contribution in [-0.2, 0) is 0 Å². The number of piperidine rings is 1. The van der Waals surface area contributed by atoms with Crippen LogP contribution >= 0.6 is 0 Å². The van der Waals surface area contributed by atoms with Gasteiger partial charge in [0.2, 0.25) is 0 Å². The Hall–Kier alpha value is -4.93. The number of hydrogen-bond acceptors (Lipinski definition) is 7. The van der Waals surface area contributed by atoms with Gasteiger partial charge in [-0.05, 0) is 69.0 Å². The van der Waals surface area contributed by atoms with E-state index >= 15 is 0 Å². The number of hydrogen-bond donors (Lipinski definition) is 2. The number of nitrogens with one attached hydrogen (secondary N) is 1. The summed E-state index contributed by atoms with van der Waals surface area (Å²) in [6.07, 6.45) is 8.17.